The molecule has 2 aliphatic rings. The van der Waals surface area contributed by atoms with Crippen molar-refractivity contribution in [2.24, 2.45) is 0 Å². The average Bonchev–Trinajstić information content (AvgIpc) is 3.24. The Bertz CT molecular complexity index is 988. The van der Waals surface area contributed by atoms with Crippen LogP contribution < -0.4 is 10.5 Å². The Kier molecular flexibility index (Phi) is 6.19. The molecule has 4 heterocycles. The van der Waals surface area contributed by atoms with E-state index in [2.05, 4.69) is 15.0 Å². The molecule has 0 amide bonds. The minimum absolute atomic E-state index is 0.0373. The van der Waals surface area contributed by atoms with Crippen molar-refractivity contribution in [3.05, 3.63) is 6.33 Å². The third kappa shape index (κ3) is 4.14. The van der Waals surface area contributed by atoms with Crippen LogP contribution in [0.4, 0.5) is 10.3 Å². The molecule has 2 saturated heterocycles. The second-order valence-corrected chi connectivity index (χ2v) is 9.31. The first-order valence-corrected chi connectivity index (χ1v) is 11.8. The topological polar surface area (TPSA) is 133 Å². The predicted octanol–water partition coefficient (Wildman–Crippen LogP) is 3.16. The molecule has 0 spiro atoms. The number of nitrogens with zero attached hydrogens (tertiary/aromatic N) is 4. The van der Waals surface area contributed by atoms with Crippen LogP contribution in [0.15, 0.2) is 6.33 Å². The number of hydrogen-bond donors (Lipinski definition) is 1. The summed E-state index contributed by atoms with van der Waals surface area (Å²) in [6, 6.07) is 0. The molecule has 5 atom stereocenters. The van der Waals surface area contributed by atoms with Crippen molar-refractivity contribution in [2.45, 2.75) is 64.1 Å². The van der Waals surface area contributed by atoms with Crippen molar-refractivity contribution in [1.82, 2.24) is 19.5 Å². The summed E-state index contributed by atoms with van der Waals surface area (Å²) >= 11 is 0. The Balaban J connectivity index is 1.62. The molecule has 11 nitrogen and oxygen atoms in total. The van der Waals surface area contributed by atoms with E-state index < -0.39 is 31.9 Å². The van der Waals surface area contributed by atoms with Gasteiger partial charge in [-0.1, -0.05) is 20.3 Å². The van der Waals surface area contributed by atoms with Gasteiger partial charge in [0.05, 0.1) is 26.1 Å². The van der Waals surface area contributed by atoms with Gasteiger partial charge in [-0.2, -0.15) is 9.97 Å². The molecule has 2 aromatic heterocycles. The number of nitrogen functional groups attached to an aromatic ring is 1. The SMILES string of the molecule is CCCCOP1(=O)OC[C@H]2O[C@@H](n3cnc4c(OCCC)nc(N)nc43)[C@](C)(F)[C@@H]2O1. The van der Waals surface area contributed by atoms with Gasteiger partial charge in [-0.3, -0.25) is 18.1 Å². The molecule has 0 aromatic carbocycles. The second kappa shape index (κ2) is 8.59. The van der Waals surface area contributed by atoms with E-state index in [0.29, 0.717) is 18.5 Å². The quantitative estimate of drug-likeness (QED) is 0.463. The lowest BCUT2D eigenvalue weighted by molar-refractivity contribution is -0.0707. The van der Waals surface area contributed by atoms with E-state index >= 15 is 4.39 Å². The standard InChI is InChI=1S/C18H27FN5O6P/c1-4-6-8-27-31(25)28-9-11-13(30-31)18(3,19)16(29-11)24-10-21-12-14(24)22-17(20)23-15(12)26-7-5-2/h10-11,13,16H,4-9H2,1-3H3,(H2,20,22,23)/t11-,13-,16-,18-,31?/m1/s1. The maximum Gasteiger partial charge on any atom is 0.475 e. The summed E-state index contributed by atoms with van der Waals surface area (Å²) < 4.78 is 57.8. The summed E-state index contributed by atoms with van der Waals surface area (Å²) in [7, 11) is -3.88. The second-order valence-electron chi connectivity index (χ2n) is 7.69. The molecule has 31 heavy (non-hydrogen) atoms. The van der Waals surface area contributed by atoms with Gasteiger partial charge in [-0.25, -0.2) is 13.9 Å². The molecule has 0 bridgehead atoms. The first kappa shape index (κ1) is 22.3. The lowest BCUT2D eigenvalue weighted by Gasteiger charge is -2.33. The van der Waals surface area contributed by atoms with E-state index in [0.717, 1.165) is 12.8 Å². The number of phosphoric ester groups is 1. The molecule has 13 heteroatoms. The van der Waals surface area contributed by atoms with E-state index in [1.165, 1.54) is 17.8 Å². The van der Waals surface area contributed by atoms with Gasteiger partial charge in [-0.05, 0) is 19.8 Å². The normalized spacial score (nSPS) is 33.0. The minimum atomic E-state index is -3.88. The highest BCUT2D eigenvalue weighted by molar-refractivity contribution is 7.48. The molecule has 2 aliphatic heterocycles. The van der Waals surface area contributed by atoms with Crippen molar-refractivity contribution in [2.75, 3.05) is 25.6 Å². The molecule has 0 radical (unpaired) electrons. The Hall–Kier alpha value is -1.85. The number of hydrogen-bond acceptors (Lipinski definition) is 10. The van der Waals surface area contributed by atoms with Crippen LogP contribution in [0.2, 0.25) is 0 Å². The number of unbranched alkanes of at least 4 members (excludes halogenated alkanes) is 1. The largest absolute Gasteiger partial charge is 0.476 e. The van der Waals surface area contributed by atoms with Crippen molar-refractivity contribution < 1.29 is 32.0 Å². The molecule has 4 rings (SSSR count). The summed E-state index contributed by atoms with van der Waals surface area (Å²) in [5, 5.41) is 0. The number of anilines is 1. The Morgan fingerprint density at radius 3 is 2.90 bits per heavy atom. The van der Waals surface area contributed by atoms with Gasteiger partial charge < -0.3 is 15.2 Å². The number of ether oxygens (including phenoxy) is 2. The Labute approximate surface area is 179 Å². The monoisotopic (exact) mass is 459 g/mol. The van der Waals surface area contributed by atoms with Gasteiger partial charge in [0.15, 0.2) is 23.1 Å². The van der Waals surface area contributed by atoms with Gasteiger partial charge in [-0.15, -0.1) is 0 Å². The molecular weight excluding hydrogens is 432 g/mol. The maximum absolute atomic E-state index is 16.0. The predicted molar refractivity (Wildman–Crippen MR) is 108 cm³/mol. The maximum atomic E-state index is 16.0. The zero-order valence-electron chi connectivity index (χ0n) is 17.7. The smallest absolute Gasteiger partial charge is 0.475 e. The number of phosphoric acid groups is 1. The Morgan fingerprint density at radius 1 is 1.35 bits per heavy atom. The molecule has 1 unspecified atom stereocenters. The molecule has 0 aliphatic carbocycles. The van der Waals surface area contributed by atoms with Crippen LogP contribution in [0.25, 0.3) is 11.2 Å². The lowest BCUT2D eigenvalue weighted by atomic mass is 9.98. The first-order chi connectivity index (χ1) is 14.8. The van der Waals surface area contributed by atoms with E-state index in [1.807, 2.05) is 13.8 Å². The number of alkyl halides is 1. The highest BCUT2D eigenvalue weighted by Crippen LogP contribution is 2.59. The molecule has 2 aromatic rings. The van der Waals surface area contributed by atoms with Crippen LogP contribution in [0, 0.1) is 0 Å². The van der Waals surface area contributed by atoms with E-state index in [4.69, 9.17) is 28.8 Å². The third-order valence-corrected chi connectivity index (χ3v) is 6.62. The van der Waals surface area contributed by atoms with Crippen LogP contribution in [0.3, 0.4) is 0 Å². The van der Waals surface area contributed by atoms with Crippen molar-refractivity contribution in [1.29, 1.82) is 0 Å². The van der Waals surface area contributed by atoms with Crippen molar-refractivity contribution in [3.63, 3.8) is 0 Å². The van der Waals surface area contributed by atoms with E-state index in [-0.39, 0.29) is 30.7 Å². The van der Waals surface area contributed by atoms with Crippen LogP contribution >= 0.6 is 7.82 Å². The average molecular weight is 459 g/mol. The van der Waals surface area contributed by atoms with Crippen molar-refractivity contribution >= 4 is 24.9 Å². The molecule has 2 N–H and O–H groups in total. The van der Waals surface area contributed by atoms with E-state index in [9.17, 15) is 4.57 Å². The molecular formula is C18H27FN5O6P. The molecule has 0 saturated carbocycles. The fourth-order valence-corrected chi connectivity index (χ4v) is 5.11. The van der Waals surface area contributed by atoms with Crippen molar-refractivity contribution in [3.8, 4) is 5.88 Å². The summed E-state index contributed by atoms with van der Waals surface area (Å²) in [4.78, 5) is 12.6. The number of imidazole rings is 1. The number of aromatic nitrogens is 4. The molecule has 172 valence electrons. The van der Waals surface area contributed by atoms with Crippen LogP contribution in [-0.2, 0) is 22.9 Å². The summed E-state index contributed by atoms with van der Waals surface area (Å²) in [5.74, 6) is 0.178. The zero-order chi connectivity index (χ0) is 22.2. The number of nitrogens with two attached hydrogens (primary N) is 1. The summed E-state index contributed by atoms with van der Waals surface area (Å²) in [6.45, 7) is 5.73. The summed E-state index contributed by atoms with van der Waals surface area (Å²) in [5.41, 5.74) is 4.33. The lowest BCUT2D eigenvalue weighted by Crippen LogP contribution is -2.44. The fraction of sp³-hybridized carbons (Fsp3) is 0.722. The van der Waals surface area contributed by atoms with Crippen LogP contribution in [0.1, 0.15) is 46.3 Å². The van der Waals surface area contributed by atoms with Gasteiger partial charge in [0, 0.05) is 0 Å². The minimum Gasteiger partial charge on any atom is -0.476 e. The van der Waals surface area contributed by atoms with Gasteiger partial charge >= 0.3 is 7.82 Å². The van der Waals surface area contributed by atoms with Crippen LogP contribution in [-0.4, -0.2) is 57.2 Å². The third-order valence-electron chi connectivity index (χ3n) is 5.17. The number of halogens is 1. The highest BCUT2D eigenvalue weighted by Gasteiger charge is 2.61. The number of rotatable bonds is 8. The number of fused-ring (bicyclic) bond motifs is 2. The van der Waals surface area contributed by atoms with E-state index in [1.54, 1.807) is 0 Å². The summed E-state index contributed by atoms with van der Waals surface area (Å²) in [6.07, 6.45) is 0.557. The highest BCUT2D eigenvalue weighted by atomic mass is 31.2. The van der Waals surface area contributed by atoms with Gasteiger partial charge in [0.1, 0.15) is 12.2 Å². The first-order valence-electron chi connectivity index (χ1n) is 10.3. The zero-order valence-corrected chi connectivity index (χ0v) is 18.6. The fourth-order valence-electron chi connectivity index (χ4n) is 3.61. The molecule has 2 fully saturated rings. The Morgan fingerprint density at radius 2 is 2.16 bits per heavy atom. The van der Waals surface area contributed by atoms with Gasteiger partial charge in [0.2, 0.25) is 11.8 Å². The van der Waals surface area contributed by atoms with Crippen LogP contribution in [0.5, 0.6) is 5.88 Å². The van der Waals surface area contributed by atoms with Gasteiger partial charge in [0.25, 0.3) is 0 Å².